The zero-order valence-corrected chi connectivity index (χ0v) is 11.6. The van der Waals surface area contributed by atoms with E-state index >= 15 is 0 Å². The fourth-order valence-electron chi connectivity index (χ4n) is 0.720. The van der Waals surface area contributed by atoms with E-state index in [0.717, 1.165) is 0 Å². The van der Waals surface area contributed by atoms with Crippen LogP contribution >= 0.6 is 47.8 Å². The predicted molar refractivity (Wildman–Crippen MR) is 58.2 cm³/mol. The van der Waals surface area contributed by atoms with Crippen LogP contribution in [0.15, 0.2) is 0 Å². The van der Waals surface area contributed by atoms with Crippen LogP contribution in [0, 0.1) is 0 Å². The van der Waals surface area contributed by atoms with E-state index < -0.39 is 15.2 Å². The molecule has 3 atom stereocenters. The van der Waals surface area contributed by atoms with Crippen LogP contribution in [-0.2, 0) is 0 Å². The number of aromatic nitrogens is 3. The molecule has 0 N–H and O–H groups in total. The standard InChI is InChI=1S/C6H3Br3F3N3/c7-1(10)4-13-5(2(8)11)15-6(14-4)3(9)12/h1-3H/t1-,2-,3+/m1/s1. The second-order valence-electron chi connectivity index (χ2n) is 2.31. The number of hydrogen-bond donors (Lipinski definition) is 0. The monoisotopic (exact) mass is 411 g/mol. The first-order valence-corrected chi connectivity index (χ1v) is 6.26. The molecule has 1 aromatic heterocycles. The molecule has 9 heteroatoms. The van der Waals surface area contributed by atoms with Crippen LogP contribution in [0.1, 0.15) is 32.7 Å². The Morgan fingerprint density at radius 2 is 0.867 bits per heavy atom. The molecule has 0 aromatic carbocycles. The Kier molecular flexibility index (Phi) is 4.91. The third-order valence-electron chi connectivity index (χ3n) is 1.27. The van der Waals surface area contributed by atoms with Crippen molar-refractivity contribution in [3.8, 4) is 0 Å². The molecule has 0 amide bonds. The molecule has 0 radical (unpaired) electrons. The minimum atomic E-state index is -1.70. The summed E-state index contributed by atoms with van der Waals surface area (Å²) >= 11 is 7.66. The molecule has 0 aliphatic carbocycles. The van der Waals surface area contributed by atoms with Gasteiger partial charge in [-0.1, -0.05) is 0 Å². The van der Waals surface area contributed by atoms with Gasteiger partial charge in [0.15, 0.2) is 17.5 Å². The lowest BCUT2D eigenvalue weighted by Gasteiger charge is -2.06. The summed E-state index contributed by atoms with van der Waals surface area (Å²) < 4.78 is 38.4. The first-order valence-electron chi connectivity index (χ1n) is 3.52. The molecule has 1 aromatic rings. The third kappa shape index (κ3) is 3.63. The van der Waals surface area contributed by atoms with Crippen molar-refractivity contribution in [3.63, 3.8) is 0 Å². The van der Waals surface area contributed by atoms with Gasteiger partial charge in [-0.15, -0.1) is 0 Å². The Morgan fingerprint density at radius 1 is 0.667 bits per heavy atom. The van der Waals surface area contributed by atoms with E-state index in [4.69, 9.17) is 0 Å². The van der Waals surface area contributed by atoms with E-state index in [1.54, 1.807) is 0 Å². The SMILES string of the molecule is F[C@H](Br)c1nc([C@@H](F)Br)nc([C@@H](F)Br)n1. The van der Waals surface area contributed by atoms with E-state index in [0.29, 0.717) is 0 Å². The van der Waals surface area contributed by atoms with Gasteiger partial charge in [-0.05, 0) is 47.8 Å². The zero-order valence-electron chi connectivity index (χ0n) is 6.84. The highest BCUT2D eigenvalue weighted by atomic mass is 79.9. The van der Waals surface area contributed by atoms with E-state index in [-0.39, 0.29) is 17.5 Å². The van der Waals surface area contributed by atoms with E-state index in [2.05, 4.69) is 62.7 Å². The normalized spacial score (nSPS) is 17.2. The summed E-state index contributed by atoms with van der Waals surface area (Å²) in [6.07, 6.45) is 0. The lowest BCUT2D eigenvalue weighted by atomic mass is 10.5. The lowest BCUT2D eigenvalue weighted by molar-refractivity contribution is 0.411. The summed E-state index contributed by atoms with van der Waals surface area (Å²) in [5, 5.41) is -5.10. The number of rotatable bonds is 3. The number of halogens is 6. The van der Waals surface area contributed by atoms with Crippen molar-refractivity contribution in [2.75, 3.05) is 0 Å². The zero-order chi connectivity index (χ0) is 11.6. The van der Waals surface area contributed by atoms with Crippen LogP contribution in [0.3, 0.4) is 0 Å². The predicted octanol–water partition coefficient (Wildman–Crippen LogP) is 3.96. The van der Waals surface area contributed by atoms with Crippen molar-refractivity contribution < 1.29 is 13.2 Å². The fraction of sp³-hybridized carbons (Fsp3) is 0.500. The highest BCUT2D eigenvalue weighted by Crippen LogP contribution is 2.28. The van der Waals surface area contributed by atoms with E-state index in [9.17, 15) is 13.2 Å². The maximum atomic E-state index is 12.8. The molecule has 0 aliphatic heterocycles. The number of hydrogen-bond acceptors (Lipinski definition) is 3. The molecular formula is C6H3Br3F3N3. The van der Waals surface area contributed by atoms with Crippen LogP contribution in [0.5, 0.6) is 0 Å². The van der Waals surface area contributed by atoms with Crippen molar-refractivity contribution in [1.29, 1.82) is 0 Å². The first kappa shape index (κ1) is 13.3. The maximum Gasteiger partial charge on any atom is 0.214 e. The van der Waals surface area contributed by atoms with Crippen molar-refractivity contribution in [3.05, 3.63) is 17.5 Å². The smallest absolute Gasteiger partial charge is 0.214 e. The van der Waals surface area contributed by atoms with Crippen molar-refractivity contribution in [2.24, 2.45) is 0 Å². The molecule has 15 heavy (non-hydrogen) atoms. The highest BCUT2D eigenvalue weighted by Gasteiger charge is 2.20. The van der Waals surface area contributed by atoms with E-state index in [1.165, 1.54) is 0 Å². The Morgan fingerprint density at radius 3 is 1.00 bits per heavy atom. The summed E-state index contributed by atoms with van der Waals surface area (Å²) in [4.78, 5) is 10.4. The third-order valence-corrected chi connectivity index (χ3v) is 2.50. The summed E-state index contributed by atoms with van der Waals surface area (Å²) in [7, 11) is 0. The second-order valence-corrected chi connectivity index (χ2v) is 4.72. The lowest BCUT2D eigenvalue weighted by Crippen LogP contribution is -2.07. The summed E-state index contributed by atoms with van der Waals surface area (Å²) in [5.41, 5.74) is 0. The van der Waals surface area contributed by atoms with Gasteiger partial charge in [0.25, 0.3) is 0 Å². The van der Waals surface area contributed by atoms with Gasteiger partial charge in [0.2, 0.25) is 15.2 Å². The van der Waals surface area contributed by atoms with Crippen LogP contribution in [0.4, 0.5) is 13.2 Å². The molecule has 0 spiro atoms. The molecule has 0 aliphatic rings. The Bertz CT molecular complexity index is 283. The molecule has 3 nitrogen and oxygen atoms in total. The summed E-state index contributed by atoms with van der Waals surface area (Å²) in [6, 6.07) is 0. The Labute approximate surface area is 108 Å². The minimum Gasteiger partial charge on any atom is -0.226 e. The van der Waals surface area contributed by atoms with Gasteiger partial charge in [0.1, 0.15) is 0 Å². The van der Waals surface area contributed by atoms with Crippen molar-refractivity contribution >= 4 is 47.8 Å². The van der Waals surface area contributed by atoms with Crippen molar-refractivity contribution in [2.45, 2.75) is 15.2 Å². The van der Waals surface area contributed by atoms with Crippen LogP contribution in [-0.4, -0.2) is 15.0 Å². The number of alkyl halides is 6. The average Bonchev–Trinajstić information content (AvgIpc) is 2.16. The van der Waals surface area contributed by atoms with Gasteiger partial charge in [-0.25, -0.2) is 28.1 Å². The second kappa shape index (κ2) is 5.53. The molecule has 0 saturated heterocycles. The van der Waals surface area contributed by atoms with Crippen LogP contribution in [0.25, 0.3) is 0 Å². The van der Waals surface area contributed by atoms with Gasteiger partial charge >= 0.3 is 0 Å². The van der Waals surface area contributed by atoms with Gasteiger partial charge < -0.3 is 0 Å². The molecule has 0 fully saturated rings. The maximum absolute atomic E-state index is 12.8. The molecule has 0 unspecified atom stereocenters. The quantitative estimate of drug-likeness (QED) is 0.704. The van der Waals surface area contributed by atoms with Gasteiger partial charge in [-0.3, -0.25) is 0 Å². The van der Waals surface area contributed by atoms with Crippen molar-refractivity contribution in [1.82, 2.24) is 15.0 Å². The first-order chi connectivity index (χ1) is 6.91. The molecule has 1 rings (SSSR count). The molecule has 0 saturated carbocycles. The molecular weight excluding hydrogens is 411 g/mol. The molecule has 0 bridgehead atoms. The van der Waals surface area contributed by atoms with Crippen LogP contribution < -0.4 is 0 Å². The minimum absolute atomic E-state index is 0.376. The molecule has 84 valence electrons. The van der Waals surface area contributed by atoms with Gasteiger partial charge in [0, 0.05) is 0 Å². The highest BCUT2D eigenvalue weighted by molar-refractivity contribution is 9.09. The Hall–Kier alpha value is 0.240. The topological polar surface area (TPSA) is 38.7 Å². The Balaban J connectivity index is 3.20. The van der Waals surface area contributed by atoms with Crippen LogP contribution in [0.2, 0.25) is 0 Å². The number of nitrogens with zero attached hydrogens (tertiary/aromatic N) is 3. The van der Waals surface area contributed by atoms with Gasteiger partial charge in [-0.2, -0.15) is 0 Å². The average molecular weight is 414 g/mol. The van der Waals surface area contributed by atoms with Gasteiger partial charge in [0.05, 0.1) is 0 Å². The van der Waals surface area contributed by atoms with E-state index in [1.807, 2.05) is 0 Å². The summed E-state index contributed by atoms with van der Waals surface area (Å²) in [5.74, 6) is -1.13. The fourth-order valence-corrected chi connectivity index (χ4v) is 1.33. The molecule has 1 heterocycles. The largest absolute Gasteiger partial charge is 0.226 e. The summed E-state index contributed by atoms with van der Waals surface area (Å²) in [6.45, 7) is 0.